The SMILES string of the molecule is CN(CC(=O)N(C)[C@@H](CCC1CCCCC1)C(=O)N(C)CC(=O)OC(C)(C)C)C(=O)CN(C)C(=O)OCc1ccccc1. The van der Waals surface area contributed by atoms with Gasteiger partial charge in [-0.3, -0.25) is 19.2 Å². The highest BCUT2D eigenvalue weighted by Gasteiger charge is 2.32. The van der Waals surface area contributed by atoms with Crippen molar-refractivity contribution >= 4 is 29.8 Å². The number of hydrogen-bond donors (Lipinski definition) is 0. The number of ether oxygens (including phenoxy) is 2. The topological polar surface area (TPSA) is 117 Å². The molecule has 1 aromatic carbocycles. The number of hydrogen-bond acceptors (Lipinski definition) is 7. The van der Waals surface area contributed by atoms with Crippen molar-refractivity contribution in [3.8, 4) is 0 Å². The maximum absolute atomic E-state index is 13.6. The largest absolute Gasteiger partial charge is 0.459 e. The molecule has 11 heteroatoms. The van der Waals surface area contributed by atoms with E-state index >= 15 is 0 Å². The molecule has 0 N–H and O–H groups in total. The Bertz CT molecular complexity index is 1080. The first-order valence-corrected chi connectivity index (χ1v) is 15.1. The number of benzene rings is 1. The van der Waals surface area contributed by atoms with E-state index < -0.39 is 35.5 Å². The van der Waals surface area contributed by atoms with Gasteiger partial charge >= 0.3 is 12.1 Å². The fourth-order valence-corrected chi connectivity index (χ4v) is 5.05. The van der Waals surface area contributed by atoms with Crippen LogP contribution < -0.4 is 0 Å². The molecule has 1 aromatic rings. The molecular weight excluding hydrogens is 552 g/mol. The summed E-state index contributed by atoms with van der Waals surface area (Å²) < 4.78 is 10.6. The summed E-state index contributed by atoms with van der Waals surface area (Å²) in [5, 5.41) is 0. The Morgan fingerprint density at radius 1 is 0.814 bits per heavy atom. The van der Waals surface area contributed by atoms with Crippen LogP contribution in [-0.4, -0.2) is 109 Å². The number of carbonyl (C=O) groups excluding carboxylic acids is 5. The fraction of sp³-hybridized carbons (Fsp3) is 0.656. The predicted octanol–water partition coefficient (Wildman–Crippen LogP) is 3.70. The summed E-state index contributed by atoms with van der Waals surface area (Å²) in [6, 6.07) is 8.41. The van der Waals surface area contributed by atoms with Gasteiger partial charge < -0.3 is 29.1 Å². The molecule has 2 rings (SSSR count). The Morgan fingerprint density at radius 2 is 1.42 bits per heavy atom. The molecule has 0 aliphatic heterocycles. The average Bonchev–Trinajstić information content (AvgIpc) is 2.95. The summed E-state index contributed by atoms with van der Waals surface area (Å²) in [6.45, 7) is 4.58. The first-order chi connectivity index (χ1) is 20.2. The Hall–Kier alpha value is -3.63. The lowest BCUT2D eigenvalue weighted by Gasteiger charge is -2.33. The van der Waals surface area contributed by atoms with Gasteiger partial charge in [0.25, 0.3) is 0 Å². The van der Waals surface area contributed by atoms with Gasteiger partial charge in [0.05, 0.1) is 6.54 Å². The molecule has 0 saturated heterocycles. The highest BCUT2D eigenvalue weighted by atomic mass is 16.6. The van der Waals surface area contributed by atoms with Gasteiger partial charge in [0.15, 0.2) is 0 Å². The van der Waals surface area contributed by atoms with Crippen molar-refractivity contribution in [1.29, 1.82) is 0 Å². The zero-order valence-electron chi connectivity index (χ0n) is 27.0. The second-order valence-electron chi connectivity index (χ2n) is 12.5. The first-order valence-electron chi connectivity index (χ1n) is 15.1. The van der Waals surface area contributed by atoms with Gasteiger partial charge in [0, 0.05) is 28.2 Å². The number of nitrogens with zero attached hydrogens (tertiary/aromatic N) is 4. The van der Waals surface area contributed by atoms with Crippen LogP contribution in [0.1, 0.15) is 71.3 Å². The molecule has 1 fully saturated rings. The van der Waals surface area contributed by atoms with Crippen LogP contribution in [-0.2, 0) is 35.3 Å². The maximum atomic E-state index is 13.6. The number of carbonyl (C=O) groups is 5. The van der Waals surface area contributed by atoms with Gasteiger partial charge in [-0.2, -0.15) is 0 Å². The molecule has 1 saturated carbocycles. The Labute approximate surface area is 256 Å². The molecule has 1 aliphatic rings. The molecular formula is C32H50N4O7. The molecule has 0 radical (unpaired) electrons. The highest BCUT2D eigenvalue weighted by Crippen LogP contribution is 2.28. The van der Waals surface area contributed by atoms with E-state index in [-0.39, 0.29) is 32.1 Å². The second kappa shape index (κ2) is 16.9. The van der Waals surface area contributed by atoms with Gasteiger partial charge in [-0.15, -0.1) is 0 Å². The van der Waals surface area contributed by atoms with E-state index in [0.717, 1.165) is 42.6 Å². The Kier molecular flexibility index (Phi) is 13.9. The zero-order chi connectivity index (χ0) is 32.2. The summed E-state index contributed by atoms with van der Waals surface area (Å²) in [5.41, 5.74) is 0.142. The van der Waals surface area contributed by atoms with Crippen molar-refractivity contribution in [2.75, 3.05) is 47.8 Å². The minimum atomic E-state index is -0.791. The molecule has 0 bridgehead atoms. The normalized spacial score (nSPS) is 14.3. The van der Waals surface area contributed by atoms with E-state index in [4.69, 9.17) is 9.47 Å². The summed E-state index contributed by atoms with van der Waals surface area (Å²) in [6.07, 6.45) is 6.34. The molecule has 240 valence electrons. The smallest absolute Gasteiger partial charge is 0.410 e. The standard InChI is InChI=1S/C32H50N4O7/c1-32(2,3)43-29(39)22-34(5)30(40)26(19-18-24-14-10-8-11-15-24)36(7)28(38)21-33(4)27(37)20-35(6)31(41)42-23-25-16-12-9-13-17-25/h9,12-13,16-17,24,26H,8,10-11,14-15,18-23H2,1-7H3/t26-/m0/s1. The minimum Gasteiger partial charge on any atom is -0.459 e. The monoisotopic (exact) mass is 602 g/mol. The van der Waals surface area contributed by atoms with E-state index in [1.54, 1.807) is 27.8 Å². The molecule has 0 aromatic heterocycles. The lowest BCUT2D eigenvalue weighted by Crippen LogP contribution is -2.52. The van der Waals surface area contributed by atoms with E-state index in [2.05, 4.69) is 0 Å². The first kappa shape index (κ1) is 35.6. The van der Waals surface area contributed by atoms with Crippen LogP contribution in [0.25, 0.3) is 0 Å². The summed E-state index contributed by atoms with van der Waals surface area (Å²) in [5.74, 6) is -1.26. The number of likely N-dealkylation sites (N-methyl/N-ethyl adjacent to an activating group) is 4. The van der Waals surface area contributed by atoms with Crippen molar-refractivity contribution in [2.24, 2.45) is 5.92 Å². The quantitative estimate of drug-likeness (QED) is 0.316. The Balaban J connectivity index is 1.99. The van der Waals surface area contributed by atoms with E-state index in [9.17, 15) is 24.0 Å². The van der Waals surface area contributed by atoms with E-state index in [1.807, 2.05) is 30.3 Å². The minimum absolute atomic E-state index is 0.0793. The molecule has 4 amide bonds. The van der Waals surface area contributed by atoms with Gasteiger partial charge in [-0.1, -0.05) is 62.4 Å². The van der Waals surface area contributed by atoms with Crippen molar-refractivity contribution in [1.82, 2.24) is 19.6 Å². The average molecular weight is 603 g/mol. The van der Waals surface area contributed by atoms with Crippen molar-refractivity contribution in [2.45, 2.75) is 84.0 Å². The Morgan fingerprint density at radius 3 is 2.02 bits per heavy atom. The lowest BCUT2D eigenvalue weighted by molar-refractivity contribution is -0.159. The maximum Gasteiger partial charge on any atom is 0.410 e. The van der Waals surface area contributed by atoms with Crippen LogP contribution in [0.2, 0.25) is 0 Å². The van der Waals surface area contributed by atoms with E-state index in [0.29, 0.717) is 12.3 Å². The predicted molar refractivity (Wildman–Crippen MR) is 163 cm³/mol. The summed E-state index contributed by atoms with van der Waals surface area (Å²) >= 11 is 0. The van der Waals surface area contributed by atoms with Crippen LogP contribution >= 0.6 is 0 Å². The highest BCUT2D eigenvalue weighted by molar-refractivity contribution is 5.91. The van der Waals surface area contributed by atoms with Crippen LogP contribution in [0.3, 0.4) is 0 Å². The van der Waals surface area contributed by atoms with Crippen LogP contribution in [0.5, 0.6) is 0 Å². The zero-order valence-corrected chi connectivity index (χ0v) is 27.0. The van der Waals surface area contributed by atoms with Crippen molar-refractivity contribution in [3.05, 3.63) is 35.9 Å². The molecule has 0 heterocycles. The molecule has 1 aliphatic carbocycles. The third-order valence-corrected chi connectivity index (χ3v) is 7.57. The molecule has 0 unspecified atom stereocenters. The molecule has 1 atom stereocenters. The van der Waals surface area contributed by atoms with Crippen LogP contribution in [0.15, 0.2) is 30.3 Å². The van der Waals surface area contributed by atoms with Crippen molar-refractivity contribution < 1.29 is 33.4 Å². The second-order valence-corrected chi connectivity index (χ2v) is 12.5. The molecule has 0 spiro atoms. The third-order valence-electron chi connectivity index (χ3n) is 7.57. The van der Waals surface area contributed by atoms with E-state index in [1.165, 1.54) is 42.3 Å². The molecule has 43 heavy (non-hydrogen) atoms. The van der Waals surface area contributed by atoms with Crippen LogP contribution in [0.4, 0.5) is 4.79 Å². The summed E-state index contributed by atoms with van der Waals surface area (Å²) in [7, 11) is 6.01. The van der Waals surface area contributed by atoms with Gasteiger partial charge in [-0.05, 0) is 45.1 Å². The number of amides is 4. The fourth-order valence-electron chi connectivity index (χ4n) is 5.05. The third kappa shape index (κ3) is 12.6. The van der Waals surface area contributed by atoms with Gasteiger partial charge in [-0.25, -0.2) is 4.79 Å². The van der Waals surface area contributed by atoms with Gasteiger partial charge in [0.2, 0.25) is 17.7 Å². The number of rotatable bonds is 13. The lowest BCUT2D eigenvalue weighted by atomic mass is 9.85. The molecule has 11 nitrogen and oxygen atoms in total. The number of esters is 1. The van der Waals surface area contributed by atoms with Crippen LogP contribution in [0, 0.1) is 5.92 Å². The summed E-state index contributed by atoms with van der Waals surface area (Å²) in [4.78, 5) is 69.6. The van der Waals surface area contributed by atoms with Gasteiger partial charge in [0.1, 0.15) is 31.3 Å². The van der Waals surface area contributed by atoms with Crippen molar-refractivity contribution in [3.63, 3.8) is 0 Å².